The van der Waals surface area contributed by atoms with Gasteiger partial charge in [0.2, 0.25) is 0 Å². The van der Waals surface area contributed by atoms with E-state index in [1.165, 1.54) is 12.1 Å². The van der Waals surface area contributed by atoms with Gasteiger partial charge in [0.25, 0.3) is 0 Å². The second kappa shape index (κ2) is 4.69. The number of alkyl halides is 3. The summed E-state index contributed by atoms with van der Waals surface area (Å²) in [5, 5.41) is 9.54. The minimum atomic E-state index is -4.27. The van der Waals surface area contributed by atoms with Crippen molar-refractivity contribution in [2.24, 2.45) is 0 Å². The monoisotopic (exact) mass is 244 g/mol. The van der Waals surface area contributed by atoms with Gasteiger partial charge in [0.15, 0.2) is 0 Å². The molecule has 0 saturated heterocycles. The Balaban J connectivity index is 2.12. The summed E-state index contributed by atoms with van der Waals surface area (Å²) in [6.07, 6.45) is -1.24. The van der Waals surface area contributed by atoms with E-state index in [1.807, 2.05) is 0 Å². The normalized spacial score (nSPS) is 25.9. The molecule has 1 nitrogen and oxygen atoms in total. The lowest BCUT2D eigenvalue weighted by molar-refractivity contribution is -0.137. The van der Waals surface area contributed by atoms with E-state index >= 15 is 0 Å². The molecule has 0 heterocycles. The zero-order valence-electron chi connectivity index (χ0n) is 9.37. The van der Waals surface area contributed by atoms with Gasteiger partial charge in [-0.05, 0) is 42.9 Å². The first-order chi connectivity index (χ1) is 7.97. The van der Waals surface area contributed by atoms with Gasteiger partial charge in [0.1, 0.15) is 0 Å². The van der Waals surface area contributed by atoms with Crippen molar-refractivity contribution in [2.75, 3.05) is 0 Å². The predicted molar refractivity (Wildman–Crippen MR) is 58.7 cm³/mol. The highest BCUT2D eigenvalue weighted by Gasteiger charge is 2.30. The molecular weight excluding hydrogens is 229 g/mol. The Morgan fingerprint density at radius 1 is 1.06 bits per heavy atom. The smallest absolute Gasteiger partial charge is 0.393 e. The molecule has 2 atom stereocenters. The van der Waals surface area contributed by atoms with Crippen LogP contribution in [-0.4, -0.2) is 11.2 Å². The predicted octanol–water partition coefficient (Wildman–Crippen LogP) is 3.72. The number of rotatable bonds is 1. The maximum Gasteiger partial charge on any atom is 0.416 e. The van der Waals surface area contributed by atoms with Gasteiger partial charge in [-0.25, -0.2) is 0 Å². The Hall–Kier alpha value is -1.03. The SMILES string of the molecule is O[C@H]1CCC[C@H](c2ccc(C(F)(F)F)cc2)C1. The lowest BCUT2D eigenvalue weighted by atomic mass is 9.82. The fourth-order valence-electron chi connectivity index (χ4n) is 2.41. The van der Waals surface area contributed by atoms with Gasteiger partial charge in [0, 0.05) is 0 Å². The third-order valence-electron chi connectivity index (χ3n) is 3.36. The minimum absolute atomic E-state index is 0.195. The fourth-order valence-corrected chi connectivity index (χ4v) is 2.41. The maximum atomic E-state index is 12.4. The first kappa shape index (κ1) is 12.4. The van der Waals surface area contributed by atoms with Crippen LogP contribution in [-0.2, 0) is 6.18 Å². The molecule has 2 rings (SSSR count). The van der Waals surface area contributed by atoms with Gasteiger partial charge >= 0.3 is 6.18 Å². The average molecular weight is 244 g/mol. The summed E-state index contributed by atoms with van der Waals surface area (Å²) >= 11 is 0. The van der Waals surface area contributed by atoms with Crippen molar-refractivity contribution in [3.63, 3.8) is 0 Å². The average Bonchev–Trinajstić information content (AvgIpc) is 2.28. The fraction of sp³-hybridized carbons (Fsp3) is 0.538. The van der Waals surface area contributed by atoms with E-state index in [2.05, 4.69) is 0 Å². The molecule has 0 aliphatic heterocycles. The van der Waals surface area contributed by atoms with Crippen molar-refractivity contribution in [1.29, 1.82) is 0 Å². The molecule has 1 fully saturated rings. The molecule has 0 unspecified atom stereocenters. The van der Waals surface area contributed by atoms with Crippen LogP contribution in [0.2, 0.25) is 0 Å². The zero-order chi connectivity index (χ0) is 12.5. The van der Waals surface area contributed by atoms with E-state index in [0.29, 0.717) is 6.42 Å². The van der Waals surface area contributed by atoms with Gasteiger partial charge < -0.3 is 5.11 Å². The first-order valence-corrected chi connectivity index (χ1v) is 5.82. The van der Waals surface area contributed by atoms with Crippen molar-refractivity contribution >= 4 is 0 Å². The van der Waals surface area contributed by atoms with Crippen molar-refractivity contribution in [3.8, 4) is 0 Å². The summed E-state index contributed by atoms with van der Waals surface area (Å²) in [7, 11) is 0. The molecular formula is C13H15F3O. The lowest BCUT2D eigenvalue weighted by Crippen LogP contribution is -2.18. The summed E-state index contributed by atoms with van der Waals surface area (Å²) in [6.45, 7) is 0. The summed E-state index contributed by atoms with van der Waals surface area (Å²) in [6, 6.07) is 5.31. The van der Waals surface area contributed by atoms with Crippen LogP contribution in [0.4, 0.5) is 13.2 Å². The van der Waals surface area contributed by atoms with Gasteiger partial charge in [0.05, 0.1) is 11.7 Å². The van der Waals surface area contributed by atoms with Crippen molar-refractivity contribution in [2.45, 2.75) is 43.9 Å². The Kier molecular flexibility index (Phi) is 3.43. The van der Waals surface area contributed by atoms with E-state index in [-0.39, 0.29) is 12.0 Å². The Morgan fingerprint density at radius 2 is 1.71 bits per heavy atom. The number of aliphatic hydroxyl groups excluding tert-OH is 1. The molecule has 0 bridgehead atoms. The van der Waals surface area contributed by atoms with Gasteiger partial charge in [-0.3, -0.25) is 0 Å². The maximum absolute atomic E-state index is 12.4. The quantitative estimate of drug-likeness (QED) is 0.798. The van der Waals surface area contributed by atoms with Crippen LogP contribution in [0.25, 0.3) is 0 Å². The number of halogens is 3. The Bertz CT molecular complexity index is 369. The summed E-state index contributed by atoms with van der Waals surface area (Å²) in [5.74, 6) is 0.195. The van der Waals surface area contributed by atoms with E-state index in [1.54, 1.807) is 0 Å². The molecule has 17 heavy (non-hydrogen) atoms. The van der Waals surface area contributed by atoms with E-state index < -0.39 is 11.7 Å². The molecule has 1 N–H and O–H groups in total. The molecule has 94 valence electrons. The Labute approximate surface area is 98.3 Å². The molecule has 1 saturated carbocycles. The van der Waals surface area contributed by atoms with E-state index in [0.717, 1.165) is 37.0 Å². The summed E-state index contributed by atoms with van der Waals surface area (Å²) in [4.78, 5) is 0. The lowest BCUT2D eigenvalue weighted by Gasteiger charge is -2.26. The number of benzene rings is 1. The highest BCUT2D eigenvalue weighted by Crippen LogP contribution is 2.35. The number of aliphatic hydroxyl groups is 1. The first-order valence-electron chi connectivity index (χ1n) is 5.82. The highest BCUT2D eigenvalue weighted by atomic mass is 19.4. The molecule has 0 aromatic heterocycles. The van der Waals surface area contributed by atoms with Gasteiger partial charge in [-0.15, -0.1) is 0 Å². The van der Waals surface area contributed by atoms with Crippen LogP contribution >= 0.6 is 0 Å². The summed E-state index contributed by atoms with van der Waals surface area (Å²) < 4.78 is 37.2. The van der Waals surface area contributed by atoms with Gasteiger partial charge in [-0.2, -0.15) is 13.2 Å². The van der Waals surface area contributed by atoms with Crippen LogP contribution in [0.3, 0.4) is 0 Å². The minimum Gasteiger partial charge on any atom is -0.393 e. The van der Waals surface area contributed by atoms with Crippen molar-refractivity contribution in [1.82, 2.24) is 0 Å². The summed E-state index contributed by atoms with van der Waals surface area (Å²) in [5.41, 5.74) is 0.286. The third-order valence-corrected chi connectivity index (χ3v) is 3.36. The van der Waals surface area contributed by atoms with Crippen LogP contribution in [0.5, 0.6) is 0 Å². The van der Waals surface area contributed by atoms with Crippen molar-refractivity contribution < 1.29 is 18.3 Å². The molecule has 4 heteroatoms. The van der Waals surface area contributed by atoms with Crippen LogP contribution in [0.15, 0.2) is 24.3 Å². The van der Waals surface area contributed by atoms with Crippen molar-refractivity contribution in [3.05, 3.63) is 35.4 Å². The second-order valence-corrected chi connectivity index (χ2v) is 4.64. The molecule has 0 radical (unpaired) electrons. The molecule has 1 aliphatic rings. The number of hydrogen-bond acceptors (Lipinski definition) is 1. The zero-order valence-corrected chi connectivity index (χ0v) is 9.37. The highest BCUT2D eigenvalue weighted by molar-refractivity contribution is 5.27. The standard InChI is InChI=1S/C13H15F3O/c14-13(15,16)11-6-4-9(5-7-11)10-2-1-3-12(17)8-10/h4-7,10,12,17H,1-3,8H2/t10-,12-/m0/s1. The second-order valence-electron chi connectivity index (χ2n) is 4.64. The Morgan fingerprint density at radius 3 is 2.24 bits per heavy atom. The molecule has 1 aliphatic carbocycles. The largest absolute Gasteiger partial charge is 0.416 e. The van der Waals surface area contributed by atoms with Crippen LogP contribution in [0, 0.1) is 0 Å². The molecule has 0 spiro atoms. The van der Waals surface area contributed by atoms with Crippen LogP contribution < -0.4 is 0 Å². The van der Waals surface area contributed by atoms with Crippen LogP contribution in [0.1, 0.15) is 42.7 Å². The van der Waals surface area contributed by atoms with Gasteiger partial charge in [-0.1, -0.05) is 18.6 Å². The molecule has 1 aromatic rings. The molecule has 0 amide bonds. The van der Waals surface area contributed by atoms with E-state index in [4.69, 9.17) is 0 Å². The third kappa shape index (κ3) is 3.00. The molecule has 1 aromatic carbocycles. The number of hydrogen-bond donors (Lipinski definition) is 1. The topological polar surface area (TPSA) is 20.2 Å². The van der Waals surface area contributed by atoms with E-state index in [9.17, 15) is 18.3 Å².